The molecule has 1 fully saturated rings. The Morgan fingerprint density at radius 2 is 1.59 bits per heavy atom. The number of likely N-dealkylation sites (tertiary alicyclic amines) is 1. The van der Waals surface area contributed by atoms with Crippen LogP contribution in [0.1, 0.15) is 36.4 Å². The summed E-state index contributed by atoms with van der Waals surface area (Å²) in [7, 11) is 1.67. The predicted octanol–water partition coefficient (Wildman–Crippen LogP) is 4.90. The van der Waals surface area contributed by atoms with Gasteiger partial charge in [-0.1, -0.05) is 60.7 Å². The zero-order valence-electron chi connectivity index (χ0n) is 23.2. The molecule has 8 heteroatoms. The molecule has 4 amide bonds. The molecule has 3 heterocycles. The Labute approximate surface area is 240 Å². The van der Waals surface area contributed by atoms with Crippen LogP contribution in [-0.2, 0) is 16.0 Å². The van der Waals surface area contributed by atoms with Gasteiger partial charge in [0.2, 0.25) is 5.91 Å². The highest BCUT2D eigenvalue weighted by Crippen LogP contribution is 2.38. The van der Waals surface area contributed by atoms with E-state index in [9.17, 15) is 14.4 Å². The van der Waals surface area contributed by atoms with Crippen molar-refractivity contribution in [1.82, 2.24) is 20.0 Å². The van der Waals surface area contributed by atoms with Gasteiger partial charge in [-0.15, -0.1) is 0 Å². The lowest BCUT2D eigenvalue weighted by molar-refractivity contribution is -0.143. The van der Waals surface area contributed by atoms with E-state index < -0.39 is 12.1 Å². The summed E-state index contributed by atoms with van der Waals surface area (Å²) in [6.07, 6.45) is 3.46. The molecule has 0 spiro atoms. The van der Waals surface area contributed by atoms with Crippen molar-refractivity contribution in [1.29, 1.82) is 0 Å². The van der Waals surface area contributed by atoms with Crippen LogP contribution >= 0.6 is 0 Å². The third-order valence-corrected chi connectivity index (χ3v) is 8.16. The number of ether oxygens (including phenoxy) is 1. The lowest BCUT2D eigenvalue weighted by atomic mass is 9.95. The second-order valence-corrected chi connectivity index (χ2v) is 10.8. The Bertz CT molecular complexity index is 1470. The topological polar surface area (TPSA) is 82.2 Å². The van der Waals surface area contributed by atoms with Crippen molar-refractivity contribution >= 4 is 17.8 Å². The van der Waals surface area contributed by atoms with E-state index >= 15 is 0 Å². The highest BCUT2D eigenvalue weighted by molar-refractivity contribution is 6.03. The number of rotatable bonds is 7. The van der Waals surface area contributed by atoms with E-state index in [4.69, 9.17) is 4.74 Å². The first-order chi connectivity index (χ1) is 20.0. The maximum Gasteiger partial charge on any atom is 0.322 e. The van der Waals surface area contributed by atoms with E-state index in [0.717, 1.165) is 30.4 Å². The molecule has 3 aliphatic rings. The van der Waals surface area contributed by atoms with Crippen molar-refractivity contribution < 1.29 is 19.1 Å². The van der Waals surface area contributed by atoms with Crippen molar-refractivity contribution in [3.63, 3.8) is 0 Å². The van der Waals surface area contributed by atoms with E-state index in [-0.39, 0.29) is 24.4 Å². The molecule has 210 valence electrons. The summed E-state index contributed by atoms with van der Waals surface area (Å²) in [5.74, 6) is 1.05. The molecule has 8 nitrogen and oxygen atoms in total. The van der Waals surface area contributed by atoms with Crippen LogP contribution in [-0.4, -0.2) is 65.3 Å². The number of hydrogen-bond donors (Lipinski definition) is 1. The number of urea groups is 1. The Hall–Kier alpha value is -4.59. The van der Waals surface area contributed by atoms with Crippen LogP contribution in [0.3, 0.4) is 0 Å². The van der Waals surface area contributed by atoms with Crippen molar-refractivity contribution in [3.05, 3.63) is 107 Å². The Morgan fingerprint density at radius 3 is 2.32 bits per heavy atom. The second kappa shape index (κ2) is 11.5. The van der Waals surface area contributed by atoms with Crippen LogP contribution in [0.25, 0.3) is 0 Å². The van der Waals surface area contributed by atoms with Gasteiger partial charge in [0.25, 0.3) is 5.91 Å². The fourth-order valence-electron chi connectivity index (χ4n) is 5.97. The second-order valence-electron chi connectivity index (χ2n) is 10.8. The van der Waals surface area contributed by atoms with E-state index in [1.165, 1.54) is 4.90 Å². The van der Waals surface area contributed by atoms with Crippen LogP contribution < -0.4 is 10.1 Å². The van der Waals surface area contributed by atoms with E-state index in [1.807, 2.05) is 89.8 Å². The van der Waals surface area contributed by atoms with Gasteiger partial charge in [-0.2, -0.15) is 0 Å². The fourth-order valence-corrected chi connectivity index (χ4v) is 5.97. The van der Waals surface area contributed by atoms with E-state index in [1.54, 1.807) is 11.9 Å². The number of benzene rings is 3. The Balaban J connectivity index is 1.32. The summed E-state index contributed by atoms with van der Waals surface area (Å²) in [4.78, 5) is 46.4. The summed E-state index contributed by atoms with van der Waals surface area (Å²) < 4.78 is 6.04. The molecule has 1 N–H and O–H groups in total. The van der Waals surface area contributed by atoms with Crippen LogP contribution in [0.15, 0.2) is 96.2 Å². The molecule has 0 aliphatic carbocycles. The number of hydrogen-bond acceptors (Lipinski definition) is 4. The molecule has 0 saturated carbocycles. The molecule has 0 bridgehead atoms. The zero-order valence-corrected chi connectivity index (χ0v) is 23.2. The molecule has 3 aliphatic heterocycles. The lowest BCUT2D eigenvalue weighted by Gasteiger charge is -2.35. The summed E-state index contributed by atoms with van der Waals surface area (Å²) in [6, 6.07) is 25.1. The summed E-state index contributed by atoms with van der Waals surface area (Å²) in [6.45, 7) is 1.61. The molecule has 41 heavy (non-hydrogen) atoms. The Morgan fingerprint density at radius 1 is 0.902 bits per heavy atom. The van der Waals surface area contributed by atoms with Gasteiger partial charge in [-0.25, -0.2) is 4.79 Å². The van der Waals surface area contributed by atoms with Gasteiger partial charge in [-0.05, 0) is 54.7 Å². The molecular weight excluding hydrogens is 516 g/mol. The minimum Gasteiger partial charge on any atom is -0.457 e. The van der Waals surface area contributed by atoms with Crippen molar-refractivity contribution in [2.75, 3.05) is 26.7 Å². The number of nitrogens with zero attached hydrogens (tertiary/aromatic N) is 3. The number of carbonyl (C=O) groups is 3. The number of nitrogens with one attached hydrogen (secondary N) is 1. The predicted molar refractivity (Wildman–Crippen MR) is 155 cm³/mol. The summed E-state index contributed by atoms with van der Waals surface area (Å²) in [5.41, 5.74) is 2.85. The average molecular weight is 551 g/mol. The van der Waals surface area contributed by atoms with Crippen LogP contribution in [0.5, 0.6) is 11.5 Å². The van der Waals surface area contributed by atoms with E-state index in [2.05, 4.69) is 5.32 Å². The quantitative estimate of drug-likeness (QED) is 0.454. The monoisotopic (exact) mass is 550 g/mol. The van der Waals surface area contributed by atoms with Gasteiger partial charge >= 0.3 is 6.03 Å². The molecule has 0 aromatic heterocycles. The summed E-state index contributed by atoms with van der Waals surface area (Å²) >= 11 is 0. The highest BCUT2D eigenvalue weighted by atomic mass is 16.5. The smallest absolute Gasteiger partial charge is 0.322 e. The third-order valence-electron chi connectivity index (χ3n) is 8.16. The first-order valence-corrected chi connectivity index (χ1v) is 14.2. The molecule has 3 aromatic rings. The molecular formula is C33H34N4O4. The largest absolute Gasteiger partial charge is 0.457 e. The van der Waals surface area contributed by atoms with Crippen molar-refractivity contribution in [3.8, 4) is 11.5 Å². The van der Waals surface area contributed by atoms with Crippen LogP contribution in [0.4, 0.5) is 4.79 Å². The van der Waals surface area contributed by atoms with E-state index in [0.29, 0.717) is 42.3 Å². The number of para-hydroxylation sites is 1. The van der Waals surface area contributed by atoms with Gasteiger partial charge in [-0.3, -0.25) is 14.5 Å². The zero-order chi connectivity index (χ0) is 28.3. The first-order valence-electron chi connectivity index (χ1n) is 14.2. The van der Waals surface area contributed by atoms with Gasteiger partial charge in [0.1, 0.15) is 17.5 Å². The number of piperidine rings is 1. The van der Waals surface area contributed by atoms with Gasteiger partial charge in [0, 0.05) is 26.6 Å². The molecule has 2 atom stereocenters. The lowest BCUT2D eigenvalue weighted by Crippen LogP contribution is -2.52. The SMILES string of the molecule is CN1C(=O)N[C@@H](c2cccc(Oc3ccccc3)c2)C2=C1CN([C@@H](Cc1ccccc1)C(=O)N1CCCCC1)C2=O. The molecule has 1 saturated heterocycles. The van der Waals surface area contributed by atoms with Crippen LogP contribution in [0.2, 0.25) is 0 Å². The fraction of sp³-hybridized carbons (Fsp3) is 0.303. The molecule has 0 unspecified atom stereocenters. The number of amides is 4. The number of likely N-dealkylation sites (N-methyl/N-ethyl adjacent to an activating group) is 1. The van der Waals surface area contributed by atoms with Crippen LogP contribution in [0, 0.1) is 0 Å². The maximum atomic E-state index is 14.3. The number of carbonyl (C=O) groups excluding carboxylic acids is 3. The van der Waals surface area contributed by atoms with Gasteiger partial charge in [0.15, 0.2) is 0 Å². The summed E-state index contributed by atoms with van der Waals surface area (Å²) in [5, 5.41) is 3.01. The maximum absolute atomic E-state index is 14.3. The molecule has 0 radical (unpaired) electrons. The molecule has 3 aromatic carbocycles. The molecule has 6 rings (SSSR count). The minimum atomic E-state index is -0.662. The minimum absolute atomic E-state index is 0.0292. The standard InChI is InChI=1S/C33H34N4O4/c1-35-28-22-37(27(20-23-12-5-2-6-13-23)31(38)36-18-9-4-10-19-36)32(39)29(28)30(34-33(35)40)24-14-11-17-26(21-24)41-25-15-7-3-8-16-25/h2-3,5-8,11-17,21,27,30H,4,9-10,18-20,22H2,1H3,(H,34,40)/t27-,30-/m0/s1. The highest BCUT2D eigenvalue weighted by Gasteiger charge is 2.47. The first kappa shape index (κ1) is 26.6. The van der Waals surface area contributed by atoms with Gasteiger partial charge < -0.3 is 19.9 Å². The van der Waals surface area contributed by atoms with Crippen molar-refractivity contribution in [2.24, 2.45) is 0 Å². The average Bonchev–Trinajstić information content (AvgIpc) is 3.36. The normalized spacial score (nSPS) is 19.6. The third kappa shape index (κ3) is 5.42. The Kier molecular flexibility index (Phi) is 7.46. The van der Waals surface area contributed by atoms with Crippen molar-refractivity contribution in [2.45, 2.75) is 37.8 Å². The van der Waals surface area contributed by atoms with Gasteiger partial charge in [0.05, 0.1) is 23.9 Å².